The number of Topliss-reactive ketones (excluding diaryl/α,β-unsaturated/α-hetero) is 1. The number of thiophene rings is 1. The van der Waals surface area contributed by atoms with Crippen LogP contribution in [-0.2, 0) is 6.42 Å². The highest BCUT2D eigenvalue weighted by Crippen LogP contribution is 2.26. The van der Waals surface area contributed by atoms with E-state index in [9.17, 15) is 10.1 Å². The molecule has 1 atom stereocenters. The van der Waals surface area contributed by atoms with E-state index >= 15 is 0 Å². The fourth-order valence-corrected chi connectivity index (χ4v) is 2.70. The molecule has 1 aromatic heterocycles. The molecule has 0 radical (unpaired) electrons. The first-order valence-electron chi connectivity index (χ1n) is 5.83. The molecule has 0 amide bonds. The van der Waals surface area contributed by atoms with E-state index in [1.807, 2.05) is 42.6 Å². The Bertz CT molecular complexity index is 581. The number of ketones is 1. The molecular weight excluding hydrogens is 242 g/mol. The van der Waals surface area contributed by atoms with Crippen molar-refractivity contribution in [2.75, 3.05) is 0 Å². The van der Waals surface area contributed by atoms with Crippen molar-refractivity contribution in [3.8, 4) is 6.07 Å². The molecule has 2 aromatic rings. The third-order valence-electron chi connectivity index (χ3n) is 2.88. The summed E-state index contributed by atoms with van der Waals surface area (Å²) in [4.78, 5) is 13.3. The van der Waals surface area contributed by atoms with Crippen LogP contribution in [0.2, 0.25) is 0 Å². The van der Waals surface area contributed by atoms with Gasteiger partial charge in [0.25, 0.3) is 0 Å². The highest BCUT2D eigenvalue weighted by molar-refractivity contribution is 7.10. The third kappa shape index (κ3) is 2.34. The number of nitriles is 1. The van der Waals surface area contributed by atoms with Gasteiger partial charge in [0.15, 0.2) is 5.78 Å². The molecule has 2 nitrogen and oxygen atoms in total. The van der Waals surface area contributed by atoms with Crippen molar-refractivity contribution in [3.05, 3.63) is 57.8 Å². The lowest BCUT2D eigenvalue weighted by molar-refractivity contribution is 0.0979. The molecular formula is C15H13NOS. The Morgan fingerprint density at radius 1 is 1.33 bits per heavy atom. The van der Waals surface area contributed by atoms with Gasteiger partial charge >= 0.3 is 0 Å². The van der Waals surface area contributed by atoms with Crippen LogP contribution in [-0.4, -0.2) is 5.78 Å². The summed E-state index contributed by atoms with van der Waals surface area (Å²) in [6.07, 6.45) is 0.796. The first-order valence-corrected chi connectivity index (χ1v) is 6.71. The van der Waals surface area contributed by atoms with Crippen molar-refractivity contribution < 1.29 is 4.79 Å². The van der Waals surface area contributed by atoms with Crippen LogP contribution in [0.5, 0.6) is 0 Å². The molecule has 1 heterocycles. The lowest BCUT2D eigenvalue weighted by atomic mass is 9.93. The topological polar surface area (TPSA) is 40.9 Å². The molecule has 90 valence electrons. The lowest BCUT2D eigenvalue weighted by Gasteiger charge is -2.09. The maximum absolute atomic E-state index is 12.4. The van der Waals surface area contributed by atoms with Crippen LogP contribution in [0.15, 0.2) is 41.8 Å². The van der Waals surface area contributed by atoms with Crippen LogP contribution < -0.4 is 0 Å². The normalized spacial score (nSPS) is 11.8. The number of carbonyl (C=O) groups excluding carboxylic acids is 1. The van der Waals surface area contributed by atoms with Crippen LogP contribution in [0.3, 0.4) is 0 Å². The molecule has 0 saturated carbocycles. The Labute approximate surface area is 111 Å². The zero-order chi connectivity index (χ0) is 13.0. The standard InChI is InChI=1S/C15H13NOS/c1-2-11-6-3-4-7-12(11)15(17)13(10-16)14-8-5-9-18-14/h3-9,13H,2H2,1H3. The zero-order valence-electron chi connectivity index (χ0n) is 10.1. The van der Waals surface area contributed by atoms with Crippen LogP contribution in [0, 0.1) is 11.3 Å². The molecule has 3 heteroatoms. The summed E-state index contributed by atoms with van der Waals surface area (Å²) in [5.41, 5.74) is 1.67. The molecule has 0 aliphatic carbocycles. The van der Waals surface area contributed by atoms with Gasteiger partial charge in [0, 0.05) is 10.4 Å². The Morgan fingerprint density at radius 3 is 2.72 bits per heavy atom. The van der Waals surface area contributed by atoms with Crippen LogP contribution in [0.25, 0.3) is 0 Å². The van der Waals surface area contributed by atoms with E-state index in [-0.39, 0.29) is 5.78 Å². The predicted molar refractivity (Wildman–Crippen MR) is 72.8 cm³/mol. The number of aryl methyl sites for hydroxylation is 1. The number of carbonyl (C=O) groups is 1. The summed E-state index contributed by atoms with van der Waals surface area (Å²) < 4.78 is 0. The second-order valence-corrected chi connectivity index (χ2v) is 4.93. The molecule has 1 unspecified atom stereocenters. The smallest absolute Gasteiger partial charge is 0.185 e. The molecule has 0 fully saturated rings. The van der Waals surface area contributed by atoms with Gasteiger partial charge in [0.05, 0.1) is 6.07 Å². The summed E-state index contributed by atoms with van der Waals surface area (Å²) in [5, 5.41) is 11.1. The molecule has 18 heavy (non-hydrogen) atoms. The fourth-order valence-electron chi connectivity index (χ4n) is 1.93. The first-order chi connectivity index (χ1) is 8.77. The van der Waals surface area contributed by atoms with Gasteiger partial charge in [-0.25, -0.2) is 0 Å². The van der Waals surface area contributed by atoms with Crippen molar-refractivity contribution in [2.24, 2.45) is 0 Å². The van der Waals surface area contributed by atoms with Crippen LogP contribution in [0.4, 0.5) is 0 Å². The maximum atomic E-state index is 12.4. The molecule has 0 N–H and O–H groups in total. The summed E-state index contributed by atoms with van der Waals surface area (Å²) in [6.45, 7) is 2.01. The third-order valence-corrected chi connectivity index (χ3v) is 3.82. The fraction of sp³-hybridized carbons (Fsp3) is 0.200. The van der Waals surface area contributed by atoms with Gasteiger partial charge in [-0.15, -0.1) is 11.3 Å². The van der Waals surface area contributed by atoms with E-state index in [4.69, 9.17) is 0 Å². The summed E-state index contributed by atoms with van der Waals surface area (Å²) in [5.74, 6) is -0.782. The minimum Gasteiger partial charge on any atom is -0.292 e. The first kappa shape index (κ1) is 12.5. The monoisotopic (exact) mass is 255 g/mol. The van der Waals surface area contributed by atoms with Crippen molar-refractivity contribution in [3.63, 3.8) is 0 Å². The molecule has 0 spiro atoms. The average Bonchev–Trinajstić information content (AvgIpc) is 2.93. The largest absolute Gasteiger partial charge is 0.292 e. The van der Waals surface area contributed by atoms with E-state index in [1.54, 1.807) is 6.07 Å². The van der Waals surface area contributed by atoms with E-state index < -0.39 is 5.92 Å². The minimum absolute atomic E-state index is 0.0996. The number of rotatable bonds is 4. The van der Waals surface area contributed by atoms with Crippen molar-refractivity contribution in [1.29, 1.82) is 5.26 Å². The molecule has 2 rings (SSSR count). The average molecular weight is 255 g/mol. The number of hydrogen-bond donors (Lipinski definition) is 0. The zero-order valence-corrected chi connectivity index (χ0v) is 10.9. The highest BCUT2D eigenvalue weighted by Gasteiger charge is 2.23. The SMILES string of the molecule is CCc1ccccc1C(=O)C(C#N)c1cccs1. The van der Waals surface area contributed by atoms with E-state index in [0.717, 1.165) is 16.9 Å². The van der Waals surface area contributed by atoms with Gasteiger partial charge < -0.3 is 0 Å². The second kappa shape index (κ2) is 5.61. The number of benzene rings is 1. The molecule has 0 aliphatic rings. The quantitative estimate of drug-likeness (QED) is 0.780. The lowest BCUT2D eigenvalue weighted by Crippen LogP contribution is -2.12. The second-order valence-electron chi connectivity index (χ2n) is 3.95. The van der Waals surface area contributed by atoms with Crippen molar-refractivity contribution in [2.45, 2.75) is 19.3 Å². The van der Waals surface area contributed by atoms with Crippen LogP contribution >= 0.6 is 11.3 Å². The Hall–Kier alpha value is -1.92. The van der Waals surface area contributed by atoms with E-state index in [2.05, 4.69) is 6.07 Å². The molecule has 0 bridgehead atoms. The Kier molecular flexibility index (Phi) is 3.91. The molecule has 0 aliphatic heterocycles. The summed E-state index contributed by atoms with van der Waals surface area (Å²) >= 11 is 1.45. The van der Waals surface area contributed by atoms with Crippen molar-refractivity contribution in [1.82, 2.24) is 0 Å². The van der Waals surface area contributed by atoms with E-state index in [0.29, 0.717) is 5.56 Å². The van der Waals surface area contributed by atoms with Gasteiger partial charge in [-0.05, 0) is 23.4 Å². The van der Waals surface area contributed by atoms with Gasteiger partial charge in [0.1, 0.15) is 5.92 Å². The van der Waals surface area contributed by atoms with Crippen LogP contribution in [0.1, 0.15) is 33.6 Å². The van der Waals surface area contributed by atoms with Crippen molar-refractivity contribution >= 4 is 17.1 Å². The molecule has 1 aromatic carbocycles. The highest BCUT2D eigenvalue weighted by atomic mass is 32.1. The Morgan fingerprint density at radius 2 is 2.11 bits per heavy atom. The minimum atomic E-state index is -0.683. The van der Waals surface area contributed by atoms with Gasteiger partial charge in [-0.1, -0.05) is 37.3 Å². The maximum Gasteiger partial charge on any atom is 0.185 e. The number of hydrogen-bond acceptors (Lipinski definition) is 3. The van der Waals surface area contributed by atoms with Gasteiger partial charge in [0.2, 0.25) is 0 Å². The summed E-state index contributed by atoms with van der Waals surface area (Å²) in [6, 6.07) is 13.3. The Balaban J connectivity index is 2.39. The number of nitrogens with zero attached hydrogens (tertiary/aromatic N) is 1. The van der Waals surface area contributed by atoms with Gasteiger partial charge in [-0.3, -0.25) is 4.79 Å². The molecule has 0 saturated heterocycles. The van der Waals surface area contributed by atoms with E-state index in [1.165, 1.54) is 11.3 Å². The predicted octanol–water partition coefficient (Wildman–Crippen LogP) is 3.80. The van der Waals surface area contributed by atoms with Gasteiger partial charge in [-0.2, -0.15) is 5.26 Å². The summed E-state index contributed by atoms with van der Waals surface area (Å²) in [7, 11) is 0.